The number of nitrogens with zero attached hydrogens (tertiary/aromatic N) is 2. The summed E-state index contributed by atoms with van der Waals surface area (Å²) in [6.45, 7) is 4.08. The zero-order valence-electron chi connectivity index (χ0n) is 13.5. The Kier molecular flexibility index (Phi) is 4.86. The molecular formula is C18H18N4OS. The topological polar surface area (TPSA) is 66.9 Å². The summed E-state index contributed by atoms with van der Waals surface area (Å²) in [5.41, 5.74) is 3.91. The molecule has 0 fully saturated rings. The van der Waals surface area contributed by atoms with Crippen LogP contribution in [0.5, 0.6) is 0 Å². The number of carbonyl (C=O) groups excluding carboxylic acids is 1. The molecule has 0 saturated heterocycles. The van der Waals surface area contributed by atoms with E-state index in [0.29, 0.717) is 0 Å². The average molecular weight is 338 g/mol. The van der Waals surface area contributed by atoms with Crippen molar-refractivity contribution in [1.82, 2.24) is 9.97 Å². The van der Waals surface area contributed by atoms with Gasteiger partial charge in [0.15, 0.2) is 5.13 Å². The molecule has 1 aromatic carbocycles. The smallest absolute Gasteiger partial charge is 0.230 e. The van der Waals surface area contributed by atoms with Crippen molar-refractivity contribution in [3.05, 3.63) is 64.8 Å². The first-order valence-corrected chi connectivity index (χ1v) is 8.48. The van der Waals surface area contributed by atoms with Gasteiger partial charge in [-0.3, -0.25) is 4.79 Å². The summed E-state index contributed by atoms with van der Waals surface area (Å²) < 4.78 is 0. The van der Waals surface area contributed by atoms with Gasteiger partial charge in [-0.25, -0.2) is 9.97 Å². The molecule has 0 spiro atoms. The molecule has 6 heteroatoms. The standard InChI is InChI=1S/C18H18N4OS/c1-12-6-7-14(9-13(12)2)20-17(23)10-15-11-24-18(21-15)22-16-5-3-4-8-19-16/h3-9,11H,10H2,1-2H3,(H,20,23)(H,19,21,22). The van der Waals surface area contributed by atoms with Gasteiger partial charge in [-0.15, -0.1) is 11.3 Å². The van der Waals surface area contributed by atoms with E-state index in [2.05, 4.69) is 20.6 Å². The molecule has 0 aliphatic rings. The minimum absolute atomic E-state index is 0.0760. The van der Waals surface area contributed by atoms with Crippen molar-refractivity contribution in [1.29, 1.82) is 0 Å². The minimum Gasteiger partial charge on any atom is -0.326 e. The first-order chi connectivity index (χ1) is 11.6. The lowest BCUT2D eigenvalue weighted by Gasteiger charge is -2.07. The van der Waals surface area contributed by atoms with Crippen molar-refractivity contribution >= 4 is 33.9 Å². The van der Waals surface area contributed by atoms with Gasteiger partial charge in [-0.1, -0.05) is 12.1 Å². The molecule has 2 N–H and O–H groups in total. The lowest BCUT2D eigenvalue weighted by molar-refractivity contribution is -0.115. The van der Waals surface area contributed by atoms with Crippen LogP contribution in [-0.4, -0.2) is 15.9 Å². The number of aromatic nitrogens is 2. The quantitative estimate of drug-likeness (QED) is 0.735. The second-order valence-corrected chi connectivity index (χ2v) is 6.37. The molecule has 3 aromatic rings. The third kappa shape index (κ3) is 4.17. The Morgan fingerprint density at radius 1 is 1.17 bits per heavy atom. The van der Waals surface area contributed by atoms with E-state index in [1.165, 1.54) is 16.9 Å². The Morgan fingerprint density at radius 2 is 2.04 bits per heavy atom. The van der Waals surface area contributed by atoms with Crippen LogP contribution in [0.1, 0.15) is 16.8 Å². The van der Waals surface area contributed by atoms with Crippen molar-refractivity contribution in [2.24, 2.45) is 0 Å². The summed E-state index contributed by atoms with van der Waals surface area (Å²) in [5, 5.41) is 8.64. The number of benzene rings is 1. The van der Waals surface area contributed by atoms with E-state index in [0.717, 1.165) is 27.9 Å². The number of hydrogen-bond acceptors (Lipinski definition) is 5. The van der Waals surface area contributed by atoms with Crippen molar-refractivity contribution < 1.29 is 4.79 Å². The first kappa shape index (κ1) is 16.1. The normalized spacial score (nSPS) is 10.4. The van der Waals surface area contributed by atoms with Crippen LogP contribution < -0.4 is 10.6 Å². The van der Waals surface area contributed by atoms with E-state index in [1.807, 2.05) is 55.6 Å². The van der Waals surface area contributed by atoms with Gasteiger partial charge in [0.25, 0.3) is 0 Å². The highest BCUT2D eigenvalue weighted by atomic mass is 32.1. The van der Waals surface area contributed by atoms with Gasteiger partial charge in [0.1, 0.15) is 5.82 Å². The third-order valence-corrected chi connectivity index (χ3v) is 4.39. The van der Waals surface area contributed by atoms with Gasteiger partial charge in [-0.2, -0.15) is 0 Å². The number of aryl methyl sites for hydroxylation is 2. The molecule has 0 bridgehead atoms. The maximum atomic E-state index is 12.2. The highest BCUT2D eigenvalue weighted by molar-refractivity contribution is 7.13. The molecule has 24 heavy (non-hydrogen) atoms. The van der Waals surface area contributed by atoms with E-state index in [-0.39, 0.29) is 12.3 Å². The number of anilines is 3. The van der Waals surface area contributed by atoms with Crippen LogP contribution >= 0.6 is 11.3 Å². The fraction of sp³-hybridized carbons (Fsp3) is 0.167. The fourth-order valence-electron chi connectivity index (χ4n) is 2.18. The monoisotopic (exact) mass is 338 g/mol. The van der Waals surface area contributed by atoms with E-state index >= 15 is 0 Å². The minimum atomic E-state index is -0.0760. The van der Waals surface area contributed by atoms with Gasteiger partial charge < -0.3 is 10.6 Å². The summed E-state index contributed by atoms with van der Waals surface area (Å²) >= 11 is 1.45. The number of pyridine rings is 1. The Balaban J connectivity index is 1.59. The lowest BCUT2D eigenvalue weighted by Crippen LogP contribution is -2.14. The highest BCUT2D eigenvalue weighted by Crippen LogP contribution is 2.20. The molecule has 2 heterocycles. The van der Waals surface area contributed by atoms with Gasteiger partial charge in [0.05, 0.1) is 12.1 Å². The second kappa shape index (κ2) is 7.23. The second-order valence-electron chi connectivity index (χ2n) is 5.51. The summed E-state index contributed by atoms with van der Waals surface area (Å²) in [6, 6.07) is 11.5. The molecular weight excluding hydrogens is 320 g/mol. The van der Waals surface area contributed by atoms with Crippen LogP contribution in [0.15, 0.2) is 48.0 Å². The van der Waals surface area contributed by atoms with E-state index in [9.17, 15) is 4.79 Å². The van der Waals surface area contributed by atoms with Gasteiger partial charge in [0, 0.05) is 17.3 Å². The average Bonchev–Trinajstić information content (AvgIpc) is 2.99. The fourth-order valence-corrected chi connectivity index (χ4v) is 2.90. The summed E-state index contributed by atoms with van der Waals surface area (Å²) in [7, 11) is 0. The van der Waals surface area contributed by atoms with E-state index in [1.54, 1.807) is 6.20 Å². The van der Waals surface area contributed by atoms with Crippen molar-refractivity contribution in [3.63, 3.8) is 0 Å². The molecule has 0 saturated carbocycles. The van der Waals surface area contributed by atoms with Gasteiger partial charge in [0.2, 0.25) is 5.91 Å². The van der Waals surface area contributed by atoms with Crippen LogP contribution in [0.3, 0.4) is 0 Å². The lowest BCUT2D eigenvalue weighted by atomic mass is 10.1. The molecule has 0 aliphatic carbocycles. The molecule has 0 radical (unpaired) electrons. The molecule has 0 atom stereocenters. The maximum Gasteiger partial charge on any atom is 0.230 e. The zero-order chi connectivity index (χ0) is 16.9. The molecule has 5 nitrogen and oxygen atoms in total. The summed E-state index contributed by atoms with van der Waals surface area (Å²) in [4.78, 5) is 20.8. The van der Waals surface area contributed by atoms with Crippen LogP contribution in [0.2, 0.25) is 0 Å². The molecule has 2 aromatic heterocycles. The zero-order valence-corrected chi connectivity index (χ0v) is 14.4. The third-order valence-electron chi connectivity index (χ3n) is 3.58. The molecule has 3 rings (SSSR count). The predicted octanol–water partition coefficient (Wildman–Crippen LogP) is 4.08. The SMILES string of the molecule is Cc1ccc(NC(=O)Cc2csc(Nc3ccccn3)n2)cc1C. The Bertz CT molecular complexity index is 845. The number of nitrogens with one attached hydrogen (secondary N) is 2. The van der Waals surface area contributed by atoms with Crippen LogP contribution in [0, 0.1) is 13.8 Å². The van der Waals surface area contributed by atoms with Crippen molar-refractivity contribution in [3.8, 4) is 0 Å². The van der Waals surface area contributed by atoms with Crippen LogP contribution in [0.25, 0.3) is 0 Å². The number of carbonyl (C=O) groups is 1. The Labute approximate surface area is 144 Å². The molecule has 122 valence electrons. The van der Waals surface area contributed by atoms with Crippen molar-refractivity contribution in [2.75, 3.05) is 10.6 Å². The predicted molar refractivity (Wildman–Crippen MR) is 97.9 cm³/mol. The Hall–Kier alpha value is -2.73. The maximum absolute atomic E-state index is 12.2. The molecule has 1 amide bonds. The van der Waals surface area contributed by atoms with Gasteiger partial charge in [-0.05, 0) is 49.2 Å². The Morgan fingerprint density at radius 3 is 2.79 bits per heavy atom. The van der Waals surface area contributed by atoms with Gasteiger partial charge >= 0.3 is 0 Å². The number of rotatable bonds is 5. The summed E-state index contributed by atoms with van der Waals surface area (Å²) in [6.07, 6.45) is 1.96. The summed E-state index contributed by atoms with van der Waals surface area (Å²) in [5.74, 6) is 0.658. The largest absolute Gasteiger partial charge is 0.326 e. The van der Waals surface area contributed by atoms with Crippen LogP contribution in [-0.2, 0) is 11.2 Å². The number of hydrogen-bond donors (Lipinski definition) is 2. The number of thiazole rings is 1. The first-order valence-electron chi connectivity index (χ1n) is 7.60. The van der Waals surface area contributed by atoms with E-state index in [4.69, 9.17) is 0 Å². The van der Waals surface area contributed by atoms with E-state index < -0.39 is 0 Å². The number of amides is 1. The highest BCUT2D eigenvalue weighted by Gasteiger charge is 2.09. The van der Waals surface area contributed by atoms with Crippen LogP contribution in [0.4, 0.5) is 16.6 Å². The molecule has 0 unspecified atom stereocenters. The molecule has 0 aliphatic heterocycles. The van der Waals surface area contributed by atoms with Crippen molar-refractivity contribution in [2.45, 2.75) is 20.3 Å².